The highest BCUT2D eigenvalue weighted by Gasteiger charge is 2.24. The topological polar surface area (TPSA) is 33.0 Å². The first-order chi connectivity index (χ1) is 8.09. The third kappa shape index (κ3) is 5.08. The molecule has 1 fully saturated rings. The Labute approximate surface area is 106 Å². The molecule has 1 aliphatic carbocycles. The van der Waals surface area contributed by atoms with Crippen LogP contribution >= 0.6 is 0 Å². The summed E-state index contributed by atoms with van der Waals surface area (Å²) in [6, 6.07) is 2.34. The van der Waals surface area contributed by atoms with Crippen LogP contribution < -0.4 is 0 Å². The number of hydrogen-bond acceptors (Lipinski definition) is 2. The van der Waals surface area contributed by atoms with Crippen molar-refractivity contribution < 1.29 is 4.74 Å². The molecule has 2 atom stereocenters. The highest BCUT2D eigenvalue weighted by Crippen LogP contribution is 2.29. The van der Waals surface area contributed by atoms with Gasteiger partial charge in [0, 0.05) is 6.61 Å². The lowest BCUT2D eigenvalue weighted by Gasteiger charge is -2.31. The third-order valence-electron chi connectivity index (χ3n) is 3.94. The number of hydrogen-bond donors (Lipinski definition) is 0. The summed E-state index contributed by atoms with van der Waals surface area (Å²) in [6.07, 6.45) is 8.95. The van der Waals surface area contributed by atoms with Crippen LogP contribution in [0.1, 0.15) is 65.7 Å². The summed E-state index contributed by atoms with van der Waals surface area (Å²) >= 11 is 0. The molecule has 0 aromatic heterocycles. The van der Waals surface area contributed by atoms with Gasteiger partial charge in [-0.3, -0.25) is 0 Å². The molecule has 0 spiro atoms. The Bertz CT molecular complexity index is 254. The van der Waals surface area contributed by atoms with Gasteiger partial charge in [-0.1, -0.05) is 26.2 Å². The highest BCUT2D eigenvalue weighted by molar-refractivity contribution is 4.91. The average Bonchev–Trinajstić information content (AvgIpc) is 2.35. The predicted molar refractivity (Wildman–Crippen MR) is 70.6 cm³/mol. The van der Waals surface area contributed by atoms with Crippen LogP contribution in [0.5, 0.6) is 0 Å². The van der Waals surface area contributed by atoms with Crippen molar-refractivity contribution in [2.75, 3.05) is 6.61 Å². The van der Waals surface area contributed by atoms with E-state index < -0.39 is 0 Å². The molecule has 0 N–H and O–H groups in total. The van der Waals surface area contributed by atoms with Crippen LogP contribution in [-0.4, -0.2) is 12.7 Å². The Morgan fingerprint density at radius 2 is 2.00 bits per heavy atom. The van der Waals surface area contributed by atoms with Gasteiger partial charge in [-0.25, -0.2) is 0 Å². The monoisotopic (exact) mass is 237 g/mol. The van der Waals surface area contributed by atoms with Gasteiger partial charge < -0.3 is 4.74 Å². The summed E-state index contributed by atoms with van der Waals surface area (Å²) in [5, 5.41) is 8.93. The summed E-state index contributed by atoms with van der Waals surface area (Å²) < 4.78 is 6.02. The van der Waals surface area contributed by atoms with Gasteiger partial charge in [-0.05, 0) is 45.4 Å². The molecule has 0 aromatic carbocycles. The third-order valence-corrected chi connectivity index (χ3v) is 3.94. The normalized spacial score (nSPS) is 25.5. The molecule has 0 radical (unpaired) electrons. The SMILES string of the molecule is CCC1CCCCC1OCCCC(C)(C)C#N. The fourth-order valence-electron chi connectivity index (χ4n) is 2.66. The molecule has 2 nitrogen and oxygen atoms in total. The minimum atomic E-state index is -0.194. The maximum Gasteiger partial charge on any atom is 0.0683 e. The predicted octanol–water partition coefficient (Wildman–Crippen LogP) is 4.30. The Hall–Kier alpha value is -0.550. The molecule has 0 bridgehead atoms. The number of rotatable bonds is 6. The molecule has 1 saturated carbocycles. The molecule has 0 aliphatic heterocycles. The van der Waals surface area contributed by atoms with Gasteiger partial charge >= 0.3 is 0 Å². The molecular weight excluding hydrogens is 210 g/mol. The van der Waals surface area contributed by atoms with E-state index in [0.29, 0.717) is 6.10 Å². The van der Waals surface area contributed by atoms with E-state index >= 15 is 0 Å². The Balaban J connectivity index is 2.19. The molecule has 17 heavy (non-hydrogen) atoms. The van der Waals surface area contributed by atoms with Crippen LogP contribution in [-0.2, 0) is 4.74 Å². The van der Waals surface area contributed by atoms with E-state index in [4.69, 9.17) is 10.00 Å². The molecular formula is C15H27NO. The van der Waals surface area contributed by atoms with E-state index in [1.807, 2.05) is 13.8 Å². The first-order valence-electron chi connectivity index (χ1n) is 7.12. The van der Waals surface area contributed by atoms with Crippen molar-refractivity contribution in [3.63, 3.8) is 0 Å². The Kier molecular flexibility index (Phi) is 5.98. The summed E-state index contributed by atoms with van der Waals surface area (Å²) in [6.45, 7) is 7.10. The largest absolute Gasteiger partial charge is 0.378 e. The molecule has 2 unspecified atom stereocenters. The van der Waals surface area contributed by atoms with E-state index in [1.165, 1.54) is 32.1 Å². The van der Waals surface area contributed by atoms with E-state index in [9.17, 15) is 0 Å². The molecule has 1 aliphatic rings. The average molecular weight is 237 g/mol. The second-order valence-corrected chi connectivity index (χ2v) is 5.96. The van der Waals surface area contributed by atoms with Crippen LogP contribution in [0.25, 0.3) is 0 Å². The second kappa shape index (κ2) is 7.01. The van der Waals surface area contributed by atoms with Gasteiger partial charge in [0.1, 0.15) is 0 Å². The fraction of sp³-hybridized carbons (Fsp3) is 0.933. The van der Waals surface area contributed by atoms with Crippen molar-refractivity contribution in [2.24, 2.45) is 11.3 Å². The van der Waals surface area contributed by atoms with Gasteiger partial charge in [0.25, 0.3) is 0 Å². The highest BCUT2D eigenvalue weighted by atomic mass is 16.5. The van der Waals surface area contributed by atoms with Crippen molar-refractivity contribution >= 4 is 0 Å². The zero-order valence-corrected chi connectivity index (χ0v) is 11.7. The molecule has 0 heterocycles. The van der Waals surface area contributed by atoms with E-state index in [1.54, 1.807) is 0 Å². The first-order valence-corrected chi connectivity index (χ1v) is 7.12. The zero-order valence-electron chi connectivity index (χ0n) is 11.7. The standard InChI is InChI=1S/C15H27NO/c1-4-13-8-5-6-9-14(13)17-11-7-10-15(2,3)12-16/h13-14H,4-11H2,1-3H3. The van der Waals surface area contributed by atoms with Crippen molar-refractivity contribution in [1.82, 2.24) is 0 Å². The van der Waals surface area contributed by atoms with Gasteiger partial charge in [-0.2, -0.15) is 5.26 Å². The van der Waals surface area contributed by atoms with Crippen LogP contribution in [0, 0.1) is 22.7 Å². The fourth-order valence-corrected chi connectivity index (χ4v) is 2.66. The van der Waals surface area contributed by atoms with Gasteiger partial charge in [0.05, 0.1) is 17.6 Å². The van der Waals surface area contributed by atoms with Crippen LogP contribution in [0.15, 0.2) is 0 Å². The Morgan fingerprint density at radius 3 is 2.65 bits per heavy atom. The van der Waals surface area contributed by atoms with Crippen molar-refractivity contribution in [3.05, 3.63) is 0 Å². The van der Waals surface area contributed by atoms with E-state index in [2.05, 4.69) is 13.0 Å². The number of nitrogens with zero attached hydrogens (tertiary/aromatic N) is 1. The van der Waals surface area contributed by atoms with Crippen molar-refractivity contribution in [2.45, 2.75) is 71.8 Å². The quantitative estimate of drug-likeness (QED) is 0.645. The molecule has 0 amide bonds. The second-order valence-electron chi connectivity index (χ2n) is 5.96. The minimum absolute atomic E-state index is 0.194. The minimum Gasteiger partial charge on any atom is -0.378 e. The summed E-state index contributed by atoms with van der Waals surface area (Å²) in [5.74, 6) is 0.771. The molecule has 1 rings (SSSR count). The molecule has 0 saturated heterocycles. The molecule has 98 valence electrons. The van der Waals surface area contributed by atoms with E-state index in [0.717, 1.165) is 25.4 Å². The van der Waals surface area contributed by atoms with Gasteiger partial charge in [0.2, 0.25) is 0 Å². The van der Waals surface area contributed by atoms with Crippen LogP contribution in [0.3, 0.4) is 0 Å². The maximum absolute atomic E-state index is 8.93. The zero-order chi connectivity index (χ0) is 12.7. The smallest absolute Gasteiger partial charge is 0.0683 e. The first kappa shape index (κ1) is 14.5. The lowest BCUT2D eigenvalue weighted by Crippen LogP contribution is -2.27. The summed E-state index contributed by atoms with van der Waals surface area (Å²) in [4.78, 5) is 0. The number of nitriles is 1. The number of ether oxygens (including phenoxy) is 1. The Morgan fingerprint density at radius 1 is 1.29 bits per heavy atom. The van der Waals surface area contributed by atoms with Crippen molar-refractivity contribution in [3.8, 4) is 6.07 Å². The molecule has 2 heteroatoms. The molecule has 0 aromatic rings. The van der Waals surface area contributed by atoms with Crippen LogP contribution in [0.4, 0.5) is 0 Å². The van der Waals surface area contributed by atoms with Crippen LogP contribution in [0.2, 0.25) is 0 Å². The van der Waals surface area contributed by atoms with Gasteiger partial charge in [0.15, 0.2) is 0 Å². The van der Waals surface area contributed by atoms with Crippen molar-refractivity contribution in [1.29, 1.82) is 5.26 Å². The van der Waals surface area contributed by atoms with Gasteiger partial charge in [-0.15, -0.1) is 0 Å². The lowest BCUT2D eigenvalue weighted by molar-refractivity contribution is -0.0149. The summed E-state index contributed by atoms with van der Waals surface area (Å²) in [7, 11) is 0. The van der Waals surface area contributed by atoms with E-state index in [-0.39, 0.29) is 5.41 Å². The maximum atomic E-state index is 8.93. The lowest BCUT2D eigenvalue weighted by atomic mass is 9.84. The summed E-state index contributed by atoms with van der Waals surface area (Å²) in [5.41, 5.74) is -0.194.